The van der Waals surface area contributed by atoms with Crippen LogP contribution in [0.15, 0.2) is 48.5 Å². The quantitative estimate of drug-likeness (QED) is 0.433. The summed E-state index contributed by atoms with van der Waals surface area (Å²) in [4.78, 5) is 36.9. The van der Waals surface area contributed by atoms with Gasteiger partial charge in [-0.05, 0) is 48.4 Å². The van der Waals surface area contributed by atoms with Gasteiger partial charge < -0.3 is 14.4 Å². The lowest BCUT2D eigenvalue weighted by Crippen LogP contribution is -2.55. The highest BCUT2D eigenvalue weighted by Crippen LogP contribution is 2.45. The normalized spacial score (nSPS) is 18.4. The van der Waals surface area contributed by atoms with E-state index in [1.807, 2.05) is 0 Å². The van der Waals surface area contributed by atoms with Gasteiger partial charge in [0.1, 0.15) is 11.6 Å². The fourth-order valence-electron chi connectivity index (χ4n) is 3.38. The number of carbonyl (C=O) groups excluding carboxylic acids is 3. The van der Waals surface area contributed by atoms with Crippen LogP contribution in [0.4, 0.5) is 10.1 Å². The number of hydrogen-bond donors (Lipinski definition) is 0. The zero-order valence-corrected chi connectivity index (χ0v) is 15.6. The fourth-order valence-corrected chi connectivity index (χ4v) is 3.38. The van der Waals surface area contributed by atoms with Crippen LogP contribution in [0.3, 0.4) is 0 Å². The number of carbonyl (C=O) groups is 3. The Balaban J connectivity index is 1.87. The molecule has 1 fully saturated rings. The Bertz CT molecular complexity index is 879. The number of nitrogens with zero attached hydrogens (tertiary/aromatic N) is 1. The number of hydrogen-bond acceptors (Lipinski definition) is 5. The number of benzene rings is 2. The molecule has 1 heterocycles. The summed E-state index contributed by atoms with van der Waals surface area (Å²) < 4.78 is 23.0. The molecule has 0 spiro atoms. The first-order valence-corrected chi connectivity index (χ1v) is 8.84. The van der Waals surface area contributed by atoms with Gasteiger partial charge >= 0.3 is 11.9 Å². The molecule has 146 valence electrons. The number of β-lactam (4-membered cyclic amide) rings is 1. The number of esters is 2. The Morgan fingerprint density at radius 3 is 2.29 bits per heavy atom. The Morgan fingerprint density at radius 2 is 1.71 bits per heavy atom. The molecule has 0 saturated carbocycles. The third kappa shape index (κ3) is 4.03. The molecule has 6 nitrogen and oxygen atoms in total. The third-order valence-electron chi connectivity index (χ3n) is 4.69. The van der Waals surface area contributed by atoms with Crippen LogP contribution >= 0.6 is 0 Å². The van der Waals surface area contributed by atoms with Crippen molar-refractivity contribution in [3.05, 3.63) is 59.9 Å². The van der Waals surface area contributed by atoms with E-state index in [9.17, 15) is 18.8 Å². The second kappa shape index (κ2) is 8.21. The first-order valence-electron chi connectivity index (χ1n) is 8.84. The van der Waals surface area contributed by atoms with E-state index in [2.05, 4.69) is 4.74 Å². The van der Waals surface area contributed by atoms with E-state index in [0.717, 1.165) is 5.56 Å². The molecule has 0 aromatic heterocycles. The minimum Gasteiger partial charge on any atom is -0.469 e. The van der Waals surface area contributed by atoms with Crippen LogP contribution in [0.1, 0.15) is 31.4 Å². The maximum absolute atomic E-state index is 13.3. The minimum atomic E-state index is -0.421. The van der Waals surface area contributed by atoms with Gasteiger partial charge in [0.25, 0.3) is 0 Å². The van der Waals surface area contributed by atoms with Crippen LogP contribution in [0.2, 0.25) is 0 Å². The van der Waals surface area contributed by atoms with Crippen LogP contribution in [0.5, 0.6) is 5.75 Å². The average Bonchev–Trinajstić information content (AvgIpc) is 2.67. The summed E-state index contributed by atoms with van der Waals surface area (Å²) in [5.41, 5.74) is 1.41. The van der Waals surface area contributed by atoms with Crippen LogP contribution < -0.4 is 9.64 Å². The summed E-state index contributed by atoms with van der Waals surface area (Å²) >= 11 is 0. The molecule has 0 unspecified atom stereocenters. The zero-order valence-electron chi connectivity index (χ0n) is 15.6. The lowest BCUT2D eigenvalue weighted by Gasteiger charge is -2.47. The Kier molecular flexibility index (Phi) is 5.73. The van der Waals surface area contributed by atoms with Crippen LogP contribution in [0.25, 0.3) is 0 Å². The van der Waals surface area contributed by atoms with E-state index >= 15 is 0 Å². The molecule has 1 saturated heterocycles. The molecule has 2 atom stereocenters. The second-order valence-electron chi connectivity index (χ2n) is 6.51. The smallest absolute Gasteiger partial charge is 0.308 e. The summed E-state index contributed by atoms with van der Waals surface area (Å²) in [6.45, 7) is 1.32. The molecule has 0 bridgehead atoms. The van der Waals surface area contributed by atoms with E-state index in [-0.39, 0.29) is 30.2 Å². The van der Waals surface area contributed by atoms with Gasteiger partial charge in [-0.2, -0.15) is 0 Å². The number of anilines is 1. The van der Waals surface area contributed by atoms with E-state index in [4.69, 9.17) is 4.74 Å². The zero-order chi connectivity index (χ0) is 20.3. The molecular formula is C21H20FNO5. The van der Waals surface area contributed by atoms with Gasteiger partial charge in [-0.1, -0.05) is 12.1 Å². The molecule has 7 heteroatoms. The minimum absolute atomic E-state index is 0.131. The first-order chi connectivity index (χ1) is 13.4. The lowest BCUT2D eigenvalue weighted by atomic mass is 9.79. The topological polar surface area (TPSA) is 72.9 Å². The molecule has 1 aliphatic heterocycles. The average molecular weight is 385 g/mol. The van der Waals surface area contributed by atoms with E-state index in [1.165, 1.54) is 26.2 Å². The number of ether oxygens (including phenoxy) is 2. The molecular weight excluding hydrogens is 365 g/mol. The molecule has 0 N–H and O–H groups in total. The number of halogens is 1. The van der Waals surface area contributed by atoms with Crippen molar-refractivity contribution in [3.63, 3.8) is 0 Å². The van der Waals surface area contributed by atoms with E-state index in [0.29, 0.717) is 17.9 Å². The van der Waals surface area contributed by atoms with Crippen molar-refractivity contribution in [1.29, 1.82) is 0 Å². The third-order valence-corrected chi connectivity index (χ3v) is 4.69. The summed E-state index contributed by atoms with van der Waals surface area (Å²) in [6, 6.07) is 12.2. The second-order valence-corrected chi connectivity index (χ2v) is 6.51. The van der Waals surface area contributed by atoms with Crippen molar-refractivity contribution in [2.24, 2.45) is 5.92 Å². The van der Waals surface area contributed by atoms with Gasteiger partial charge in [0, 0.05) is 19.0 Å². The summed E-state index contributed by atoms with van der Waals surface area (Å²) in [5.74, 6) is -1.32. The molecule has 2 aromatic carbocycles. The number of amides is 1. The van der Waals surface area contributed by atoms with Crippen LogP contribution in [0, 0.1) is 11.7 Å². The fraction of sp³-hybridized carbons (Fsp3) is 0.286. The molecule has 1 amide bonds. The Labute approximate surface area is 161 Å². The van der Waals surface area contributed by atoms with Gasteiger partial charge in [0.2, 0.25) is 5.91 Å². The van der Waals surface area contributed by atoms with Crippen molar-refractivity contribution in [1.82, 2.24) is 0 Å². The monoisotopic (exact) mass is 385 g/mol. The van der Waals surface area contributed by atoms with Gasteiger partial charge in [-0.25, -0.2) is 4.39 Å². The molecule has 1 aliphatic rings. The number of methoxy groups -OCH3 is 1. The summed E-state index contributed by atoms with van der Waals surface area (Å²) in [7, 11) is 1.31. The summed E-state index contributed by atoms with van der Waals surface area (Å²) in [5, 5.41) is 0. The Hall–Kier alpha value is -3.22. The van der Waals surface area contributed by atoms with E-state index in [1.54, 1.807) is 41.3 Å². The summed E-state index contributed by atoms with van der Waals surface area (Å²) in [6.07, 6.45) is 0.478. The molecule has 28 heavy (non-hydrogen) atoms. The Morgan fingerprint density at radius 1 is 1.07 bits per heavy atom. The predicted octanol–water partition coefficient (Wildman–Crippen LogP) is 3.41. The van der Waals surface area contributed by atoms with Crippen molar-refractivity contribution < 1.29 is 28.2 Å². The molecule has 2 aromatic rings. The van der Waals surface area contributed by atoms with Gasteiger partial charge in [0.15, 0.2) is 0 Å². The highest BCUT2D eigenvalue weighted by atomic mass is 19.1. The van der Waals surface area contributed by atoms with Crippen molar-refractivity contribution >= 4 is 23.5 Å². The SMILES string of the molecule is COC(=O)CC[C@H]1C(=O)N(c2ccc(F)cc2)[C@@H]1c1ccc(OC(C)=O)cc1. The van der Waals surface area contributed by atoms with E-state index < -0.39 is 11.9 Å². The van der Waals surface area contributed by atoms with Crippen molar-refractivity contribution in [3.8, 4) is 5.75 Å². The van der Waals surface area contributed by atoms with Crippen molar-refractivity contribution in [2.45, 2.75) is 25.8 Å². The largest absolute Gasteiger partial charge is 0.469 e. The maximum atomic E-state index is 13.3. The maximum Gasteiger partial charge on any atom is 0.308 e. The van der Waals surface area contributed by atoms with Crippen molar-refractivity contribution in [2.75, 3.05) is 12.0 Å². The standard InChI is InChI=1S/C21H20FNO5/c1-13(24)28-17-9-3-14(4-10-17)20-18(11-12-19(25)27-2)21(26)23(20)16-7-5-15(22)6-8-16/h3-10,18,20H,11-12H2,1-2H3/t18-,20-/m1/s1. The van der Waals surface area contributed by atoms with Crippen LogP contribution in [-0.4, -0.2) is 25.0 Å². The predicted molar refractivity (Wildman–Crippen MR) is 99.1 cm³/mol. The highest BCUT2D eigenvalue weighted by molar-refractivity contribution is 6.03. The van der Waals surface area contributed by atoms with Gasteiger partial charge in [-0.3, -0.25) is 14.4 Å². The lowest BCUT2D eigenvalue weighted by molar-refractivity contribution is -0.141. The highest BCUT2D eigenvalue weighted by Gasteiger charge is 2.48. The first kappa shape index (κ1) is 19.5. The molecule has 0 aliphatic carbocycles. The number of rotatable bonds is 6. The van der Waals surface area contributed by atoms with Crippen LogP contribution in [-0.2, 0) is 19.1 Å². The van der Waals surface area contributed by atoms with Gasteiger partial charge in [-0.15, -0.1) is 0 Å². The van der Waals surface area contributed by atoms with Gasteiger partial charge in [0.05, 0.1) is 19.1 Å². The molecule has 0 radical (unpaired) electrons. The molecule has 3 rings (SSSR count).